The summed E-state index contributed by atoms with van der Waals surface area (Å²) in [7, 11) is 0. The van der Waals surface area contributed by atoms with Crippen LogP contribution in [0.25, 0.3) is 0 Å². The maximum absolute atomic E-state index is 10.7. The number of carboxylic acid groups (broad SMARTS) is 1. The van der Waals surface area contributed by atoms with Crippen LogP contribution in [0.15, 0.2) is 22.6 Å². The third-order valence-electron chi connectivity index (χ3n) is 6.06. The maximum Gasteiger partial charge on any atom is 0.303 e. The van der Waals surface area contributed by atoms with E-state index in [1.54, 1.807) is 10.5 Å². The number of hydrogen-bond donors (Lipinski definition) is 1. The summed E-state index contributed by atoms with van der Waals surface area (Å²) in [6, 6.07) is 0. The molecule has 1 aliphatic rings. The van der Waals surface area contributed by atoms with Gasteiger partial charge >= 0.3 is 5.97 Å². The van der Waals surface area contributed by atoms with Gasteiger partial charge in [-0.1, -0.05) is 77.0 Å². The van der Waals surface area contributed by atoms with E-state index < -0.39 is 5.97 Å². The Morgan fingerprint density at radius 1 is 1.10 bits per heavy atom. The van der Waals surface area contributed by atoms with E-state index in [1.165, 1.54) is 70.6 Å². The molecule has 0 aliphatic heterocycles. The number of carbonyl (C=O) groups is 1. The van der Waals surface area contributed by atoms with Crippen LogP contribution in [0, 0.1) is 11.8 Å². The maximum atomic E-state index is 10.7. The van der Waals surface area contributed by atoms with Gasteiger partial charge in [0.25, 0.3) is 0 Å². The van der Waals surface area contributed by atoms with Crippen molar-refractivity contribution in [3.8, 4) is 0 Å². The zero-order valence-electron chi connectivity index (χ0n) is 19.4. The van der Waals surface area contributed by atoms with Crippen LogP contribution < -0.4 is 0 Å². The van der Waals surface area contributed by atoms with Crippen molar-refractivity contribution >= 4 is 17.7 Å². The molecule has 0 fully saturated rings. The molecule has 1 aliphatic carbocycles. The number of aliphatic carboxylic acids is 1. The summed E-state index contributed by atoms with van der Waals surface area (Å²) < 4.78 is 0. The van der Waals surface area contributed by atoms with Crippen molar-refractivity contribution in [3.05, 3.63) is 22.6 Å². The summed E-state index contributed by atoms with van der Waals surface area (Å²) >= 11 is 2.07. The minimum atomic E-state index is -0.663. The fraction of sp³-hybridized carbons (Fsp3) is 0.808. The molecule has 3 heteroatoms. The highest BCUT2D eigenvalue weighted by molar-refractivity contribution is 8.03. The molecule has 0 saturated heterocycles. The molecule has 1 rings (SSSR count). The SMILES string of the molecule is CCCCCC1=C(SCCCCCC(=O)O)[C@@H](C=CCCC(C)CCCC)CC1. The van der Waals surface area contributed by atoms with Crippen molar-refractivity contribution in [2.75, 3.05) is 5.75 Å². The van der Waals surface area contributed by atoms with Gasteiger partial charge in [0.05, 0.1) is 0 Å². The van der Waals surface area contributed by atoms with Crippen LogP contribution in [-0.2, 0) is 4.79 Å². The van der Waals surface area contributed by atoms with Crippen LogP contribution in [0.4, 0.5) is 0 Å². The molecule has 0 aromatic heterocycles. The first kappa shape index (κ1) is 26.3. The summed E-state index contributed by atoms with van der Waals surface area (Å²) in [6.07, 6.45) is 22.7. The highest BCUT2D eigenvalue weighted by Gasteiger charge is 2.23. The largest absolute Gasteiger partial charge is 0.481 e. The summed E-state index contributed by atoms with van der Waals surface area (Å²) in [5.41, 5.74) is 1.72. The number of thioether (sulfide) groups is 1. The Kier molecular flexibility index (Phi) is 15.5. The molecular formula is C26H46O2S. The predicted molar refractivity (Wildman–Crippen MR) is 130 cm³/mol. The average Bonchev–Trinajstić information content (AvgIpc) is 3.08. The quantitative estimate of drug-likeness (QED) is 0.177. The third kappa shape index (κ3) is 12.6. The summed E-state index contributed by atoms with van der Waals surface area (Å²) in [4.78, 5) is 12.3. The van der Waals surface area contributed by atoms with Crippen LogP contribution in [0.1, 0.15) is 117 Å². The highest BCUT2D eigenvalue weighted by Crippen LogP contribution is 2.42. The molecule has 0 aromatic rings. The topological polar surface area (TPSA) is 37.3 Å². The molecule has 0 amide bonds. The van der Waals surface area contributed by atoms with Crippen molar-refractivity contribution < 1.29 is 9.90 Å². The first-order chi connectivity index (χ1) is 14.1. The van der Waals surface area contributed by atoms with Gasteiger partial charge in [0.2, 0.25) is 0 Å². The third-order valence-corrected chi connectivity index (χ3v) is 7.46. The van der Waals surface area contributed by atoms with E-state index in [-0.39, 0.29) is 0 Å². The fourth-order valence-corrected chi connectivity index (χ4v) is 5.54. The Bertz CT molecular complexity index is 495. The van der Waals surface area contributed by atoms with Crippen LogP contribution >= 0.6 is 11.8 Å². The molecule has 1 N–H and O–H groups in total. The molecule has 0 radical (unpaired) electrons. The van der Waals surface area contributed by atoms with Gasteiger partial charge in [-0.25, -0.2) is 0 Å². The van der Waals surface area contributed by atoms with E-state index >= 15 is 0 Å². The van der Waals surface area contributed by atoms with Gasteiger partial charge in [0.15, 0.2) is 0 Å². The number of rotatable bonds is 18. The zero-order valence-corrected chi connectivity index (χ0v) is 20.2. The lowest BCUT2D eigenvalue weighted by Crippen LogP contribution is -1.97. The Hall–Kier alpha value is -0.700. The van der Waals surface area contributed by atoms with Gasteiger partial charge < -0.3 is 5.11 Å². The Balaban J connectivity index is 2.48. The smallest absolute Gasteiger partial charge is 0.303 e. The molecule has 0 heterocycles. The predicted octanol–water partition coefficient (Wildman–Crippen LogP) is 8.77. The number of unbranched alkanes of at least 4 members (excludes halogenated alkanes) is 5. The molecule has 29 heavy (non-hydrogen) atoms. The molecule has 2 nitrogen and oxygen atoms in total. The monoisotopic (exact) mass is 422 g/mol. The molecule has 168 valence electrons. The van der Waals surface area contributed by atoms with Crippen molar-refractivity contribution in [1.29, 1.82) is 0 Å². The minimum Gasteiger partial charge on any atom is -0.481 e. The second kappa shape index (κ2) is 17.0. The van der Waals surface area contributed by atoms with Gasteiger partial charge in [0.1, 0.15) is 0 Å². The number of hydrogen-bond acceptors (Lipinski definition) is 2. The Morgan fingerprint density at radius 2 is 1.90 bits per heavy atom. The second-order valence-corrected chi connectivity index (χ2v) is 10.0. The van der Waals surface area contributed by atoms with Crippen LogP contribution in [0.5, 0.6) is 0 Å². The molecule has 0 saturated carbocycles. The van der Waals surface area contributed by atoms with Crippen molar-refractivity contribution in [1.82, 2.24) is 0 Å². The summed E-state index contributed by atoms with van der Waals surface area (Å²) in [5, 5.41) is 8.77. The first-order valence-electron chi connectivity index (χ1n) is 12.3. The van der Waals surface area contributed by atoms with Crippen molar-refractivity contribution in [3.63, 3.8) is 0 Å². The Labute approximate surface area is 185 Å². The summed E-state index contributed by atoms with van der Waals surface area (Å²) in [6.45, 7) is 6.96. The molecule has 0 bridgehead atoms. The molecule has 0 aromatic carbocycles. The van der Waals surface area contributed by atoms with Gasteiger partial charge in [-0.3, -0.25) is 4.79 Å². The van der Waals surface area contributed by atoms with E-state index in [0.717, 1.165) is 30.9 Å². The molecule has 1 unspecified atom stereocenters. The van der Waals surface area contributed by atoms with E-state index in [9.17, 15) is 4.79 Å². The van der Waals surface area contributed by atoms with Crippen LogP contribution in [0.2, 0.25) is 0 Å². The van der Waals surface area contributed by atoms with E-state index in [1.807, 2.05) is 0 Å². The highest BCUT2D eigenvalue weighted by atomic mass is 32.2. The van der Waals surface area contributed by atoms with E-state index in [4.69, 9.17) is 5.11 Å². The normalized spacial score (nSPS) is 18.1. The number of allylic oxidation sites excluding steroid dienone is 4. The minimum absolute atomic E-state index is 0.317. The van der Waals surface area contributed by atoms with E-state index in [0.29, 0.717) is 12.3 Å². The fourth-order valence-electron chi connectivity index (χ4n) is 4.15. The lowest BCUT2D eigenvalue weighted by molar-refractivity contribution is -0.137. The van der Waals surface area contributed by atoms with Gasteiger partial charge in [0, 0.05) is 12.3 Å². The number of carboxylic acids is 1. The average molecular weight is 423 g/mol. The first-order valence-corrected chi connectivity index (χ1v) is 13.3. The second-order valence-electron chi connectivity index (χ2n) is 8.88. The summed E-state index contributed by atoms with van der Waals surface area (Å²) in [5.74, 6) is 1.97. The Morgan fingerprint density at radius 3 is 2.62 bits per heavy atom. The molecular weight excluding hydrogens is 376 g/mol. The molecule has 0 spiro atoms. The van der Waals surface area contributed by atoms with Crippen molar-refractivity contribution in [2.45, 2.75) is 117 Å². The van der Waals surface area contributed by atoms with E-state index in [2.05, 4.69) is 44.7 Å². The zero-order chi connectivity index (χ0) is 21.3. The lowest BCUT2D eigenvalue weighted by Gasteiger charge is -2.13. The van der Waals surface area contributed by atoms with Crippen LogP contribution in [0.3, 0.4) is 0 Å². The van der Waals surface area contributed by atoms with Gasteiger partial charge in [-0.2, -0.15) is 0 Å². The van der Waals surface area contributed by atoms with Crippen LogP contribution in [-0.4, -0.2) is 16.8 Å². The van der Waals surface area contributed by atoms with Gasteiger partial charge in [-0.05, 0) is 67.9 Å². The molecule has 2 atom stereocenters. The van der Waals surface area contributed by atoms with Crippen molar-refractivity contribution in [2.24, 2.45) is 11.8 Å². The lowest BCUT2D eigenvalue weighted by atomic mass is 9.98. The standard InChI is InChI=1S/C26H46O2S/c1-4-6-9-16-23-19-20-24(17-12-11-15-22(3)14-7-5-2)26(23)29-21-13-8-10-18-25(27)28/h12,17,22,24H,4-11,13-16,18-21H2,1-3H3,(H,27,28)/t22?,24-/m0/s1. The van der Waals surface area contributed by atoms with Gasteiger partial charge in [-0.15, -0.1) is 11.8 Å².